The second-order valence-corrected chi connectivity index (χ2v) is 9.09. The molecular formula is C27H27NO. The molecule has 146 valence electrons. The fourth-order valence-corrected chi connectivity index (χ4v) is 5.82. The molecule has 3 aromatic carbocycles. The topological polar surface area (TPSA) is 29.1 Å². The van der Waals surface area contributed by atoms with E-state index in [9.17, 15) is 4.79 Å². The van der Waals surface area contributed by atoms with E-state index >= 15 is 0 Å². The molecule has 29 heavy (non-hydrogen) atoms. The molecule has 0 aliphatic heterocycles. The van der Waals surface area contributed by atoms with Crippen molar-refractivity contribution in [2.75, 3.05) is 5.32 Å². The smallest absolute Gasteiger partial charge is 0.231 e. The fraction of sp³-hybridized carbons (Fsp3) is 0.296. The van der Waals surface area contributed by atoms with E-state index in [2.05, 4.69) is 93.7 Å². The Morgan fingerprint density at radius 3 is 1.86 bits per heavy atom. The molecule has 0 spiro atoms. The highest BCUT2D eigenvalue weighted by Gasteiger charge is 2.53. The number of carbonyl (C=O) groups excluding carboxylic acids is 1. The van der Waals surface area contributed by atoms with E-state index in [0.29, 0.717) is 0 Å². The standard InChI is InChI=1S/C27H27NO/c1-16-13-17(2)25(18(3)14-16)28-26(29)27(4)15-23-19-9-5-7-11-21(19)24(27)22-12-8-6-10-20(22)23/h5-14,23-24H,15H2,1-4H3,(H,28,29)/t23?,24?,27-/m0/s1. The van der Waals surface area contributed by atoms with Gasteiger partial charge in [-0.2, -0.15) is 0 Å². The summed E-state index contributed by atoms with van der Waals surface area (Å²) in [5.41, 5.74) is 9.39. The van der Waals surface area contributed by atoms with Crippen molar-refractivity contribution in [3.63, 3.8) is 0 Å². The van der Waals surface area contributed by atoms with Gasteiger partial charge < -0.3 is 5.32 Å². The number of anilines is 1. The molecule has 1 amide bonds. The summed E-state index contributed by atoms with van der Waals surface area (Å²) in [6, 6.07) is 21.7. The Kier molecular flexibility index (Phi) is 3.96. The van der Waals surface area contributed by atoms with Crippen molar-refractivity contribution in [2.45, 2.75) is 46.0 Å². The van der Waals surface area contributed by atoms with Gasteiger partial charge >= 0.3 is 0 Å². The van der Waals surface area contributed by atoms with Crippen LogP contribution in [0.5, 0.6) is 0 Å². The first kappa shape index (κ1) is 18.2. The maximum Gasteiger partial charge on any atom is 0.231 e. The summed E-state index contributed by atoms with van der Waals surface area (Å²) in [5, 5.41) is 3.32. The molecule has 2 heteroatoms. The number of benzene rings is 3. The van der Waals surface area contributed by atoms with Crippen LogP contribution >= 0.6 is 0 Å². The summed E-state index contributed by atoms with van der Waals surface area (Å²) in [4.78, 5) is 13.8. The van der Waals surface area contributed by atoms with Gasteiger partial charge in [0.2, 0.25) is 5.91 Å². The fourth-order valence-electron chi connectivity index (χ4n) is 5.82. The van der Waals surface area contributed by atoms with Crippen LogP contribution in [0.4, 0.5) is 5.69 Å². The van der Waals surface area contributed by atoms with Crippen molar-refractivity contribution in [3.05, 3.63) is 99.6 Å². The van der Waals surface area contributed by atoms with Crippen LogP contribution in [-0.4, -0.2) is 5.91 Å². The average molecular weight is 382 g/mol. The SMILES string of the molecule is Cc1cc(C)c(NC(=O)[C@@]2(C)CC3c4ccccc4C2c2ccccc23)c(C)c1. The molecule has 1 N–H and O–H groups in total. The zero-order valence-corrected chi connectivity index (χ0v) is 17.5. The molecule has 0 unspecified atom stereocenters. The molecule has 2 bridgehead atoms. The van der Waals surface area contributed by atoms with E-state index in [1.54, 1.807) is 0 Å². The Labute approximate surface area is 173 Å². The minimum Gasteiger partial charge on any atom is -0.325 e. The highest BCUT2D eigenvalue weighted by Crippen LogP contribution is 2.61. The molecule has 1 atom stereocenters. The Bertz CT molecular complexity index is 1070. The zero-order chi connectivity index (χ0) is 20.3. The molecule has 0 heterocycles. The van der Waals surface area contributed by atoms with Gasteiger partial charge in [-0.1, -0.05) is 66.2 Å². The van der Waals surface area contributed by atoms with Gasteiger partial charge in [-0.05, 0) is 67.5 Å². The lowest BCUT2D eigenvalue weighted by atomic mass is 9.52. The predicted octanol–water partition coefficient (Wildman–Crippen LogP) is 6.24. The maximum absolute atomic E-state index is 13.8. The number of hydrogen-bond donors (Lipinski definition) is 1. The van der Waals surface area contributed by atoms with Gasteiger partial charge in [-0.25, -0.2) is 0 Å². The van der Waals surface area contributed by atoms with Crippen LogP contribution in [0.1, 0.15) is 64.1 Å². The molecule has 0 radical (unpaired) electrons. The number of nitrogens with one attached hydrogen (secondary N) is 1. The van der Waals surface area contributed by atoms with E-state index in [0.717, 1.165) is 23.2 Å². The first-order valence-corrected chi connectivity index (χ1v) is 10.5. The first-order valence-electron chi connectivity index (χ1n) is 10.5. The van der Waals surface area contributed by atoms with E-state index in [1.165, 1.54) is 27.8 Å². The average Bonchev–Trinajstić information content (AvgIpc) is 2.70. The van der Waals surface area contributed by atoms with E-state index in [-0.39, 0.29) is 17.7 Å². The van der Waals surface area contributed by atoms with Crippen molar-refractivity contribution >= 4 is 11.6 Å². The number of rotatable bonds is 2. The number of aryl methyl sites for hydroxylation is 3. The van der Waals surface area contributed by atoms with Gasteiger partial charge in [0.05, 0.1) is 5.41 Å². The Balaban J connectivity index is 1.61. The highest BCUT2D eigenvalue weighted by atomic mass is 16.2. The lowest BCUT2D eigenvalue weighted by molar-refractivity contribution is -0.126. The number of carbonyl (C=O) groups is 1. The van der Waals surface area contributed by atoms with Gasteiger partial charge in [-0.15, -0.1) is 0 Å². The van der Waals surface area contributed by atoms with Crippen molar-refractivity contribution < 1.29 is 4.79 Å². The third-order valence-corrected chi connectivity index (χ3v) is 7.06. The van der Waals surface area contributed by atoms with Crippen molar-refractivity contribution in [1.82, 2.24) is 0 Å². The minimum atomic E-state index is -0.475. The van der Waals surface area contributed by atoms with Crippen molar-refractivity contribution in [2.24, 2.45) is 5.41 Å². The Morgan fingerprint density at radius 2 is 1.34 bits per heavy atom. The van der Waals surface area contributed by atoms with Crippen LogP contribution in [0.15, 0.2) is 60.7 Å². The monoisotopic (exact) mass is 381 g/mol. The Hall–Kier alpha value is -2.87. The maximum atomic E-state index is 13.8. The minimum absolute atomic E-state index is 0.0889. The summed E-state index contributed by atoms with van der Waals surface area (Å²) < 4.78 is 0. The molecule has 3 aliphatic carbocycles. The molecule has 6 rings (SSSR count). The van der Waals surface area contributed by atoms with E-state index in [1.807, 2.05) is 0 Å². The molecule has 0 saturated carbocycles. The summed E-state index contributed by atoms with van der Waals surface area (Å²) in [6.07, 6.45) is 0.849. The van der Waals surface area contributed by atoms with Gasteiger partial charge in [0, 0.05) is 17.5 Å². The van der Waals surface area contributed by atoms with Crippen LogP contribution in [0.25, 0.3) is 0 Å². The molecule has 3 aromatic rings. The summed E-state index contributed by atoms with van der Waals surface area (Å²) in [7, 11) is 0. The lowest BCUT2D eigenvalue weighted by Crippen LogP contribution is -2.47. The van der Waals surface area contributed by atoms with Gasteiger partial charge in [0.25, 0.3) is 0 Å². The normalized spacial score (nSPS) is 24.0. The number of amides is 1. The second kappa shape index (κ2) is 6.32. The molecule has 2 nitrogen and oxygen atoms in total. The first-order chi connectivity index (χ1) is 13.9. The summed E-state index contributed by atoms with van der Waals surface area (Å²) in [6.45, 7) is 8.41. The van der Waals surface area contributed by atoms with Crippen LogP contribution in [0.2, 0.25) is 0 Å². The summed E-state index contributed by atoms with van der Waals surface area (Å²) in [5.74, 6) is 0.501. The molecule has 0 saturated heterocycles. The molecule has 3 aliphatic rings. The van der Waals surface area contributed by atoms with Crippen LogP contribution in [0, 0.1) is 26.2 Å². The van der Waals surface area contributed by atoms with Crippen LogP contribution < -0.4 is 5.32 Å². The van der Waals surface area contributed by atoms with Gasteiger partial charge in [0.1, 0.15) is 0 Å². The quantitative estimate of drug-likeness (QED) is 0.559. The van der Waals surface area contributed by atoms with E-state index < -0.39 is 5.41 Å². The van der Waals surface area contributed by atoms with Gasteiger partial charge in [-0.3, -0.25) is 4.79 Å². The van der Waals surface area contributed by atoms with Crippen molar-refractivity contribution in [1.29, 1.82) is 0 Å². The largest absolute Gasteiger partial charge is 0.325 e. The van der Waals surface area contributed by atoms with Crippen LogP contribution in [0.3, 0.4) is 0 Å². The lowest BCUT2D eigenvalue weighted by Gasteiger charge is -2.50. The number of hydrogen-bond acceptors (Lipinski definition) is 1. The van der Waals surface area contributed by atoms with Crippen molar-refractivity contribution in [3.8, 4) is 0 Å². The molecular weight excluding hydrogens is 354 g/mol. The predicted molar refractivity (Wildman–Crippen MR) is 119 cm³/mol. The molecule has 0 fully saturated rings. The molecule has 0 aromatic heterocycles. The third-order valence-electron chi connectivity index (χ3n) is 7.06. The van der Waals surface area contributed by atoms with Gasteiger partial charge in [0.15, 0.2) is 0 Å². The zero-order valence-electron chi connectivity index (χ0n) is 17.5. The second-order valence-electron chi connectivity index (χ2n) is 9.09. The number of fused-ring (bicyclic) bond motifs is 1. The summed E-state index contributed by atoms with van der Waals surface area (Å²) >= 11 is 0. The Morgan fingerprint density at radius 1 is 0.862 bits per heavy atom. The highest BCUT2D eigenvalue weighted by molar-refractivity contribution is 5.98. The van der Waals surface area contributed by atoms with Crippen LogP contribution in [-0.2, 0) is 4.79 Å². The van der Waals surface area contributed by atoms with E-state index in [4.69, 9.17) is 0 Å². The third kappa shape index (κ3) is 2.58.